The van der Waals surface area contributed by atoms with Crippen LogP contribution in [0.15, 0.2) is 88.6 Å². The number of sulfonamides is 1. The Morgan fingerprint density at radius 3 is 2.78 bits per heavy atom. The molecule has 230 valence electrons. The molecule has 0 radical (unpaired) electrons. The standard InChI is InChI=1S/C34H33N5O4S2/c1-38(30(40)22-39-14-16-43-17-15-39)26-10-5-9-24(19-26)28-21-35-34-33(32(28)23-7-3-2-4-8-23)27-20-25(12-13-29(27)36-34)37-45(41,42)31-11-6-18-44-31/h2-3,5-7,9-13,18-21,37H,4,8,14-17,22H2,1H3,(H,35,36). The van der Waals surface area contributed by atoms with Gasteiger partial charge in [-0.1, -0.05) is 36.4 Å². The van der Waals surface area contributed by atoms with Crippen molar-refractivity contribution in [1.29, 1.82) is 0 Å². The molecule has 2 N–H and O–H groups in total. The van der Waals surface area contributed by atoms with Crippen LogP contribution in [0.25, 0.3) is 38.6 Å². The van der Waals surface area contributed by atoms with E-state index in [9.17, 15) is 13.2 Å². The zero-order valence-electron chi connectivity index (χ0n) is 24.8. The Hall–Kier alpha value is -4.29. The van der Waals surface area contributed by atoms with Crippen LogP contribution in [-0.4, -0.2) is 69.1 Å². The van der Waals surface area contributed by atoms with Gasteiger partial charge in [-0.05, 0) is 71.3 Å². The molecule has 4 heterocycles. The molecule has 2 aromatic carbocycles. The highest BCUT2D eigenvalue weighted by atomic mass is 32.2. The number of rotatable bonds is 8. The monoisotopic (exact) mass is 639 g/mol. The fourth-order valence-electron chi connectivity index (χ4n) is 5.99. The summed E-state index contributed by atoms with van der Waals surface area (Å²) in [6.07, 6.45) is 10.1. The fraction of sp³-hybridized carbons (Fsp3) is 0.235. The topological polar surface area (TPSA) is 108 Å². The number of benzene rings is 2. The molecule has 0 saturated carbocycles. The van der Waals surface area contributed by atoms with Gasteiger partial charge in [-0.3, -0.25) is 14.4 Å². The lowest BCUT2D eigenvalue weighted by Crippen LogP contribution is -2.43. The molecule has 1 aliphatic heterocycles. The summed E-state index contributed by atoms with van der Waals surface area (Å²) in [4.78, 5) is 25.3. The van der Waals surface area contributed by atoms with E-state index in [1.54, 1.807) is 28.5 Å². The van der Waals surface area contributed by atoms with E-state index in [-0.39, 0.29) is 10.1 Å². The Bertz CT molecular complexity index is 2060. The van der Waals surface area contributed by atoms with Crippen molar-refractivity contribution in [3.63, 3.8) is 0 Å². The van der Waals surface area contributed by atoms with E-state index in [4.69, 9.17) is 9.72 Å². The van der Waals surface area contributed by atoms with E-state index in [2.05, 4.69) is 32.8 Å². The van der Waals surface area contributed by atoms with Crippen molar-refractivity contribution >= 4 is 66.2 Å². The third-order valence-corrected chi connectivity index (χ3v) is 11.1. The van der Waals surface area contributed by atoms with Crippen molar-refractivity contribution < 1.29 is 17.9 Å². The molecular weight excluding hydrogens is 607 g/mol. The number of likely N-dealkylation sites (N-methyl/N-ethyl adjacent to an activating group) is 1. The van der Waals surface area contributed by atoms with Crippen LogP contribution in [0.4, 0.5) is 11.4 Å². The molecule has 9 nitrogen and oxygen atoms in total. The number of pyridine rings is 1. The summed E-state index contributed by atoms with van der Waals surface area (Å²) >= 11 is 1.18. The van der Waals surface area contributed by atoms with Crippen molar-refractivity contribution in [2.24, 2.45) is 0 Å². The lowest BCUT2D eigenvalue weighted by molar-refractivity contribution is -0.120. The molecule has 0 spiro atoms. The van der Waals surface area contributed by atoms with Gasteiger partial charge in [0.25, 0.3) is 10.0 Å². The number of hydrogen-bond acceptors (Lipinski definition) is 7. The van der Waals surface area contributed by atoms with Crippen molar-refractivity contribution in [2.75, 3.05) is 49.5 Å². The lowest BCUT2D eigenvalue weighted by Gasteiger charge is -2.28. The van der Waals surface area contributed by atoms with Gasteiger partial charge in [0, 0.05) is 59.6 Å². The van der Waals surface area contributed by atoms with Gasteiger partial charge in [0.2, 0.25) is 5.91 Å². The summed E-state index contributed by atoms with van der Waals surface area (Å²) in [5, 5.41) is 3.56. The minimum absolute atomic E-state index is 0.0251. The third kappa shape index (κ3) is 5.91. The first kappa shape index (κ1) is 29.4. The minimum atomic E-state index is -3.71. The first-order valence-corrected chi connectivity index (χ1v) is 17.3. The maximum Gasteiger partial charge on any atom is 0.271 e. The highest BCUT2D eigenvalue weighted by Crippen LogP contribution is 2.41. The second kappa shape index (κ2) is 12.2. The van der Waals surface area contributed by atoms with Gasteiger partial charge >= 0.3 is 0 Å². The van der Waals surface area contributed by atoms with Gasteiger partial charge in [0.15, 0.2) is 0 Å². The first-order valence-electron chi connectivity index (χ1n) is 14.9. The molecule has 11 heteroatoms. The Labute approximate surface area is 265 Å². The largest absolute Gasteiger partial charge is 0.379 e. The molecule has 3 aromatic heterocycles. The van der Waals surface area contributed by atoms with Crippen molar-refractivity contribution in [1.82, 2.24) is 14.9 Å². The van der Waals surface area contributed by atoms with Crippen LogP contribution in [0.5, 0.6) is 0 Å². The molecule has 1 amide bonds. The maximum absolute atomic E-state index is 13.2. The highest BCUT2D eigenvalue weighted by molar-refractivity contribution is 7.94. The number of morpholine rings is 1. The summed E-state index contributed by atoms with van der Waals surface area (Å²) in [5.41, 5.74) is 7.00. The average molecular weight is 640 g/mol. The first-order chi connectivity index (χ1) is 21.9. The quantitative estimate of drug-likeness (QED) is 0.207. The summed E-state index contributed by atoms with van der Waals surface area (Å²) in [5.74, 6) is 0.0251. The van der Waals surface area contributed by atoms with Crippen LogP contribution < -0.4 is 9.62 Å². The summed E-state index contributed by atoms with van der Waals surface area (Å²) in [6.45, 7) is 3.13. The van der Waals surface area contributed by atoms with Crippen LogP contribution in [0, 0.1) is 0 Å². The Morgan fingerprint density at radius 2 is 2.00 bits per heavy atom. The van der Waals surface area contributed by atoms with Crippen LogP contribution in [-0.2, 0) is 19.6 Å². The van der Waals surface area contributed by atoms with E-state index in [1.807, 2.05) is 49.6 Å². The fourth-order valence-corrected chi connectivity index (χ4v) is 8.03. The summed E-state index contributed by atoms with van der Waals surface area (Å²) < 4.78 is 34.5. The van der Waals surface area contributed by atoms with E-state index in [0.29, 0.717) is 25.4 Å². The number of anilines is 2. The lowest BCUT2D eigenvalue weighted by atomic mass is 9.88. The molecule has 1 saturated heterocycles. The molecule has 1 aliphatic carbocycles. The van der Waals surface area contributed by atoms with Gasteiger partial charge in [-0.2, -0.15) is 0 Å². The number of nitrogens with one attached hydrogen (secondary N) is 2. The second-order valence-corrected chi connectivity index (χ2v) is 14.1. The molecule has 0 bridgehead atoms. The van der Waals surface area contributed by atoms with Gasteiger partial charge in [-0.25, -0.2) is 13.4 Å². The van der Waals surface area contributed by atoms with Gasteiger partial charge < -0.3 is 14.6 Å². The smallest absolute Gasteiger partial charge is 0.271 e. The molecule has 2 aliphatic rings. The van der Waals surface area contributed by atoms with Gasteiger partial charge in [0.05, 0.1) is 19.8 Å². The molecule has 45 heavy (non-hydrogen) atoms. The number of thiophene rings is 1. The predicted octanol–water partition coefficient (Wildman–Crippen LogP) is 6.27. The maximum atomic E-state index is 13.2. The highest BCUT2D eigenvalue weighted by Gasteiger charge is 2.22. The zero-order valence-corrected chi connectivity index (χ0v) is 26.5. The number of ether oxygens (including phenoxy) is 1. The predicted molar refractivity (Wildman–Crippen MR) is 181 cm³/mol. The summed E-state index contributed by atoms with van der Waals surface area (Å²) in [6, 6.07) is 16.9. The number of nitrogens with zero attached hydrogens (tertiary/aromatic N) is 3. The number of H-pyrrole nitrogens is 1. The molecule has 1 fully saturated rings. The van der Waals surface area contributed by atoms with E-state index in [0.717, 1.165) is 70.2 Å². The Morgan fingerprint density at radius 1 is 1.13 bits per heavy atom. The van der Waals surface area contributed by atoms with E-state index >= 15 is 0 Å². The number of fused-ring (bicyclic) bond motifs is 3. The van der Waals surface area contributed by atoms with Crippen molar-refractivity contribution in [3.8, 4) is 11.1 Å². The van der Waals surface area contributed by atoms with E-state index < -0.39 is 10.0 Å². The van der Waals surface area contributed by atoms with Gasteiger partial charge in [0.1, 0.15) is 9.86 Å². The number of carbonyl (C=O) groups excluding carboxylic acids is 1. The van der Waals surface area contributed by atoms with Crippen molar-refractivity contribution in [2.45, 2.75) is 17.1 Å². The molecule has 0 atom stereocenters. The SMILES string of the molecule is CN(C(=O)CN1CCOCC1)c1cccc(-c2cnc3[nH]c4ccc(NS(=O)(=O)c5cccs5)cc4c3c2C2=CC=CCC2)c1. The Kier molecular flexibility index (Phi) is 8.01. The normalized spacial score (nSPS) is 15.8. The molecular formula is C34H33N5O4S2. The minimum Gasteiger partial charge on any atom is -0.379 e. The third-order valence-electron chi connectivity index (χ3n) is 8.35. The average Bonchev–Trinajstić information content (AvgIpc) is 3.74. The summed E-state index contributed by atoms with van der Waals surface area (Å²) in [7, 11) is -1.89. The number of aromatic nitrogens is 2. The number of aromatic amines is 1. The Balaban J connectivity index is 1.32. The van der Waals surface area contributed by atoms with E-state index in [1.165, 1.54) is 16.9 Å². The van der Waals surface area contributed by atoms with Crippen molar-refractivity contribution in [3.05, 3.63) is 90.0 Å². The van der Waals surface area contributed by atoms with Crippen LogP contribution in [0.3, 0.4) is 0 Å². The van der Waals surface area contributed by atoms with Crippen LogP contribution in [0.2, 0.25) is 0 Å². The number of amides is 1. The molecule has 5 aromatic rings. The van der Waals surface area contributed by atoms with Gasteiger partial charge in [-0.15, -0.1) is 11.3 Å². The van der Waals surface area contributed by atoms with Crippen LogP contribution in [0.1, 0.15) is 18.4 Å². The van der Waals surface area contributed by atoms with Crippen LogP contribution >= 0.6 is 11.3 Å². The molecule has 7 rings (SSSR count). The number of hydrogen-bond donors (Lipinski definition) is 2. The number of carbonyl (C=O) groups is 1. The molecule has 0 unspecified atom stereocenters. The zero-order chi connectivity index (χ0) is 31.0. The second-order valence-electron chi connectivity index (χ2n) is 11.2. The number of allylic oxidation sites excluding steroid dienone is 4.